The van der Waals surface area contributed by atoms with Crippen molar-refractivity contribution in [3.63, 3.8) is 0 Å². The van der Waals surface area contributed by atoms with Crippen molar-refractivity contribution in [1.29, 1.82) is 0 Å². The van der Waals surface area contributed by atoms with Crippen LogP contribution in [-0.4, -0.2) is 23.6 Å². The molecule has 1 aromatic carbocycles. The number of alkyl halides is 3. The minimum Gasteiger partial charge on any atom is -0.352 e. The molecule has 5 nitrogen and oxygen atoms in total. The number of hydrogen-bond acceptors (Lipinski definition) is 3. The summed E-state index contributed by atoms with van der Waals surface area (Å²) in [6.45, 7) is -0.732. The number of hydrogen-bond donors (Lipinski definition) is 1. The monoisotopic (exact) mass is 280 g/mol. The molecule has 1 N–H and O–H groups in total. The van der Waals surface area contributed by atoms with Gasteiger partial charge < -0.3 is 5.32 Å². The van der Waals surface area contributed by atoms with Crippen molar-refractivity contribution in [3.8, 4) is 0 Å². The van der Waals surface area contributed by atoms with E-state index in [1.54, 1.807) is 0 Å². The van der Waals surface area contributed by atoms with Crippen molar-refractivity contribution >= 4 is 11.6 Å². The van der Waals surface area contributed by atoms with Crippen LogP contribution in [0.3, 0.4) is 0 Å². The van der Waals surface area contributed by atoms with Crippen LogP contribution in [0.4, 0.5) is 23.2 Å². The van der Waals surface area contributed by atoms with Crippen LogP contribution < -0.4 is 5.32 Å². The Morgan fingerprint density at radius 3 is 2.53 bits per heavy atom. The second-order valence-electron chi connectivity index (χ2n) is 3.54. The fourth-order valence-corrected chi connectivity index (χ4v) is 1.21. The second-order valence-corrected chi connectivity index (χ2v) is 3.54. The zero-order valence-corrected chi connectivity index (χ0v) is 9.33. The zero-order chi connectivity index (χ0) is 14.6. The van der Waals surface area contributed by atoms with E-state index in [0.717, 1.165) is 6.07 Å². The minimum atomic E-state index is -4.45. The van der Waals surface area contributed by atoms with Crippen LogP contribution >= 0.6 is 0 Å². The highest BCUT2D eigenvalue weighted by Crippen LogP contribution is 2.19. The molecule has 0 spiro atoms. The lowest BCUT2D eigenvalue weighted by molar-refractivity contribution is -0.384. The maximum atomic E-state index is 13.2. The zero-order valence-electron chi connectivity index (χ0n) is 9.33. The first-order valence-corrected chi connectivity index (χ1v) is 4.99. The Balaban J connectivity index is 2.76. The summed E-state index contributed by atoms with van der Waals surface area (Å²) in [5.41, 5.74) is -1.20. The molecule has 0 aliphatic carbocycles. The molecule has 0 atom stereocenters. The number of amides is 1. The van der Waals surface area contributed by atoms with Gasteiger partial charge in [-0.15, -0.1) is 0 Å². The van der Waals surface area contributed by atoms with E-state index in [4.69, 9.17) is 0 Å². The van der Waals surface area contributed by atoms with Crippen molar-refractivity contribution in [1.82, 2.24) is 5.32 Å². The molecule has 0 radical (unpaired) electrons. The molecule has 0 aliphatic rings. The molecule has 0 aliphatic heterocycles. The predicted octanol–water partition coefficient (Wildman–Crippen LogP) is 2.42. The van der Waals surface area contributed by atoms with Gasteiger partial charge in [0.2, 0.25) is 0 Å². The van der Waals surface area contributed by atoms with Gasteiger partial charge in [-0.3, -0.25) is 14.9 Å². The first kappa shape index (κ1) is 14.9. The van der Waals surface area contributed by atoms with Crippen LogP contribution in [0, 0.1) is 15.9 Å². The summed E-state index contributed by atoms with van der Waals surface area (Å²) < 4.78 is 48.8. The topological polar surface area (TPSA) is 72.2 Å². The van der Waals surface area contributed by atoms with E-state index >= 15 is 0 Å². The molecular weight excluding hydrogens is 272 g/mol. The molecular formula is C10H8F4N2O3. The number of non-ortho nitro benzene ring substituents is 1. The Morgan fingerprint density at radius 2 is 2.00 bits per heavy atom. The first-order valence-electron chi connectivity index (χ1n) is 4.99. The summed E-state index contributed by atoms with van der Waals surface area (Å²) in [7, 11) is 0. The Kier molecular flexibility index (Phi) is 4.41. The largest absolute Gasteiger partial charge is 0.390 e. The lowest BCUT2D eigenvalue weighted by atomic mass is 10.1. The van der Waals surface area contributed by atoms with Crippen LogP contribution in [0.1, 0.15) is 16.8 Å². The molecule has 0 aromatic heterocycles. The molecule has 0 heterocycles. The van der Waals surface area contributed by atoms with Gasteiger partial charge in [-0.2, -0.15) is 13.2 Å². The van der Waals surface area contributed by atoms with Crippen LogP contribution in [0.2, 0.25) is 0 Å². The van der Waals surface area contributed by atoms with E-state index in [2.05, 4.69) is 0 Å². The summed E-state index contributed by atoms with van der Waals surface area (Å²) in [5.74, 6) is -2.18. The maximum Gasteiger partial charge on any atom is 0.390 e. The molecule has 1 amide bonds. The molecule has 1 rings (SSSR count). The van der Waals surface area contributed by atoms with Crippen molar-refractivity contribution in [2.75, 3.05) is 6.54 Å². The molecule has 0 saturated heterocycles. The summed E-state index contributed by atoms with van der Waals surface area (Å²) >= 11 is 0. The van der Waals surface area contributed by atoms with E-state index in [-0.39, 0.29) is 0 Å². The number of carbonyl (C=O) groups is 1. The van der Waals surface area contributed by atoms with Crippen LogP contribution in [0.15, 0.2) is 18.2 Å². The van der Waals surface area contributed by atoms with Gasteiger partial charge in [0.05, 0.1) is 16.9 Å². The molecule has 0 bridgehead atoms. The third kappa shape index (κ3) is 4.53. The minimum absolute atomic E-state index is 0.526. The summed E-state index contributed by atoms with van der Waals surface area (Å²) in [6, 6.07) is 2.22. The van der Waals surface area contributed by atoms with Gasteiger partial charge in [0.25, 0.3) is 11.6 Å². The lowest BCUT2D eigenvalue weighted by Gasteiger charge is -2.08. The van der Waals surface area contributed by atoms with Crippen molar-refractivity contribution in [3.05, 3.63) is 39.7 Å². The van der Waals surface area contributed by atoms with Gasteiger partial charge in [-0.05, 0) is 6.07 Å². The number of halogens is 4. The van der Waals surface area contributed by atoms with Crippen molar-refractivity contribution in [2.24, 2.45) is 0 Å². The Morgan fingerprint density at radius 1 is 1.37 bits per heavy atom. The molecule has 1 aromatic rings. The SMILES string of the molecule is O=C(NCCC(F)(F)F)c1cc([N+](=O)[O-])ccc1F. The first-order chi connectivity index (χ1) is 8.70. The van der Waals surface area contributed by atoms with Crippen molar-refractivity contribution < 1.29 is 27.3 Å². The molecule has 104 valence electrons. The quantitative estimate of drug-likeness (QED) is 0.523. The van der Waals surface area contributed by atoms with E-state index in [0.29, 0.717) is 12.1 Å². The van der Waals surface area contributed by atoms with Crippen LogP contribution in [0.25, 0.3) is 0 Å². The summed E-state index contributed by atoms with van der Waals surface area (Å²) in [4.78, 5) is 21.0. The van der Waals surface area contributed by atoms with Crippen LogP contribution in [-0.2, 0) is 0 Å². The van der Waals surface area contributed by atoms with Crippen molar-refractivity contribution in [2.45, 2.75) is 12.6 Å². The molecule has 0 fully saturated rings. The van der Waals surface area contributed by atoms with Gasteiger partial charge in [-0.25, -0.2) is 4.39 Å². The third-order valence-corrected chi connectivity index (χ3v) is 2.10. The smallest absolute Gasteiger partial charge is 0.352 e. The highest BCUT2D eigenvalue weighted by Gasteiger charge is 2.27. The Hall–Kier alpha value is -2.19. The number of nitro groups is 1. The van der Waals surface area contributed by atoms with E-state index < -0.39 is 47.0 Å². The number of nitro benzene ring substituents is 1. The van der Waals surface area contributed by atoms with Crippen LogP contribution in [0.5, 0.6) is 0 Å². The van der Waals surface area contributed by atoms with Gasteiger partial charge in [0, 0.05) is 18.7 Å². The molecule has 0 saturated carbocycles. The standard InChI is InChI=1S/C10H8F4N2O3/c11-8-2-1-6(16(18)19)5-7(8)9(17)15-4-3-10(12,13)14/h1-2,5H,3-4H2,(H,15,17). The molecule has 19 heavy (non-hydrogen) atoms. The Bertz CT molecular complexity index is 502. The van der Waals surface area contributed by atoms with Gasteiger partial charge >= 0.3 is 6.18 Å². The number of rotatable bonds is 4. The normalized spacial score (nSPS) is 11.2. The highest BCUT2D eigenvalue weighted by atomic mass is 19.4. The average molecular weight is 280 g/mol. The second kappa shape index (κ2) is 5.63. The Labute approximate surface area is 104 Å². The fraction of sp³-hybridized carbons (Fsp3) is 0.300. The average Bonchev–Trinajstić information content (AvgIpc) is 2.27. The van der Waals surface area contributed by atoms with Gasteiger partial charge in [0.15, 0.2) is 0 Å². The number of nitrogens with zero attached hydrogens (tertiary/aromatic N) is 1. The van der Waals surface area contributed by atoms with Gasteiger partial charge in [-0.1, -0.05) is 0 Å². The number of nitrogens with one attached hydrogen (secondary N) is 1. The molecule has 0 unspecified atom stereocenters. The lowest BCUT2D eigenvalue weighted by Crippen LogP contribution is -2.28. The van der Waals surface area contributed by atoms with E-state index in [9.17, 15) is 32.5 Å². The third-order valence-electron chi connectivity index (χ3n) is 2.10. The van der Waals surface area contributed by atoms with Gasteiger partial charge in [0.1, 0.15) is 5.82 Å². The highest BCUT2D eigenvalue weighted by molar-refractivity contribution is 5.95. The van der Waals surface area contributed by atoms with E-state index in [1.165, 1.54) is 0 Å². The summed E-state index contributed by atoms with van der Waals surface area (Å²) in [5, 5.41) is 12.3. The van der Waals surface area contributed by atoms with E-state index in [1.807, 2.05) is 5.32 Å². The molecule has 9 heteroatoms. The maximum absolute atomic E-state index is 13.2. The summed E-state index contributed by atoms with van der Waals surface area (Å²) in [6.07, 6.45) is -5.72. The predicted molar refractivity (Wildman–Crippen MR) is 56.1 cm³/mol. The number of benzene rings is 1. The fourth-order valence-electron chi connectivity index (χ4n) is 1.21. The number of carbonyl (C=O) groups excluding carboxylic acids is 1.